The smallest absolute Gasteiger partial charge is 0.323 e. The number of nitrogens with zero attached hydrogens (tertiary/aromatic N) is 2. The fourth-order valence-corrected chi connectivity index (χ4v) is 2.71. The summed E-state index contributed by atoms with van der Waals surface area (Å²) < 4.78 is 6.10. The van der Waals surface area contributed by atoms with Crippen molar-refractivity contribution in [2.24, 2.45) is 0 Å². The van der Waals surface area contributed by atoms with Crippen molar-refractivity contribution >= 4 is 21.9 Å². The summed E-state index contributed by atoms with van der Waals surface area (Å²) in [6.45, 7) is 0.257. The zero-order valence-electron chi connectivity index (χ0n) is 11.2. The molecule has 0 aliphatic heterocycles. The number of carboxylic acid groups (broad SMARTS) is 1. The summed E-state index contributed by atoms with van der Waals surface area (Å²) in [7, 11) is 0. The van der Waals surface area contributed by atoms with E-state index in [2.05, 4.69) is 31.4 Å². The number of carboxylic acids is 1. The van der Waals surface area contributed by atoms with Gasteiger partial charge in [-0.15, -0.1) is 0 Å². The van der Waals surface area contributed by atoms with E-state index in [1.54, 1.807) is 0 Å². The lowest BCUT2D eigenvalue weighted by Crippen LogP contribution is -2.56. The van der Waals surface area contributed by atoms with Crippen LogP contribution in [0.25, 0.3) is 11.4 Å². The Kier molecular flexibility index (Phi) is 3.77. The zero-order chi connectivity index (χ0) is 14.9. The average Bonchev–Trinajstić information content (AvgIpc) is 2.86. The number of hydrogen-bond acceptors (Lipinski definition) is 5. The summed E-state index contributed by atoms with van der Waals surface area (Å²) in [5.74, 6) is 0.0593. The van der Waals surface area contributed by atoms with Crippen LogP contribution in [-0.4, -0.2) is 26.8 Å². The monoisotopic (exact) mass is 351 g/mol. The van der Waals surface area contributed by atoms with Gasteiger partial charge in [-0.25, -0.2) is 0 Å². The third-order valence-corrected chi connectivity index (χ3v) is 4.24. The van der Waals surface area contributed by atoms with Crippen molar-refractivity contribution in [3.8, 4) is 11.4 Å². The molecule has 2 aromatic rings. The van der Waals surface area contributed by atoms with Crippen LogP contribution in [0, 0.1) is 0 Å². The topological polar surface area (TPSA) is 88.2 Å². The molecule has 0 atom stereocenters. The first-order valence-corrected chi connectivity index (χ1v) is 7.45. The van der Waals surface area contributed by atoms with Crippen LogP contribution in [0.15, 0.2) is 33.3 Å². The molecule has 0 bridgehead atoms. The van der Waals surface area contributed by atoms with E-state index in [1.807, 2.05) is 24.3 Å². The minimum atomic E-state index is -0.829. The molecule has 1 saturated carbocycles. The minimum Gasteiger partial charge on any atom is -0.480 e. The largest absolute Gasteiger partial charge is 0.480 e. The van der Waals surface area contributed by atoms with E-state index in [1.165, 1.54) is 0 Å². The Morgan fingerprint density at radius 3 is 2.90 bits per heavy atom. The Hall–Kier alpha value is -1.73. The molecule has 0 amide bonds. The summed E-state index contributed by atoms with van der Waals surface area (Å²) in [6, 6.07) is 7.59. The van der Waals surface area contributed by atoms with Crippen LogP contribution in [0.4, 0.5) is 0 Å². The van der Waals surface area contributed by atoms with Crippen molar-refractivity contribution in [3.63, 3.8) is 0 Å². The molecule has 2 N–H and O–H groups in total. The van der Waals surface area contributed by atoms with Gasteiger partial charge in [-0.05, 0) is 31.4 Å². The second kappa shape index (κ2) is 5.57. The molecule has 0 unspecified atom stereocenters. The molecule has 0 radical (unpaired) electrons. The maximum atomic E-state index is 11.3. The van der Waals surface area contributed by atoms with Crippen molar-refractivity contribution in [1.82, 2.24) is 15.5 Å². The summed E-state index contributed by atoms with van der Waals surface area (Å²) in [6.07, 6.45) is 2.19. The van der Waals surface area contributed by atoms with E-state index in [0.29, 0.717) is 24.6 Å². The molecule has 1 heterocycles. The Morgan fingerprint density at radius 1 is 1.48 bits per heavy atom. The Morgan fingerprint density at radius 2 is 2.29 bits per heavy atom. The number of rotatable bonds is 5. The molecule has 7 heteroatoms. The standard InChI is InChI=1S/C14H14BrN3O3/c15-10-4-1-3-9(7-10)12-17-11(21-18-12)8-16-14(13(19)20)5-2-6-14/h1,3-4,7,16H,2,5-6,8H2,(H,19,20). The molecule has 110 valence electrons. The van der Waals surface area contributed by atoms with Crippen molar-refractivity contribution in [3.05, 3.63) is 34.6 Å². The predicted molar refractivity (Wildman–Crippen MR) is 78.5 cm³/mol. The normalized spacial score (nSPS) is 16.4. The van der Waals surface area contributed by atoms with E-state index in [-0.39, 0.29) is 6.54 Å². The van der Waals surface area contributed by atoms with Gasteiger partial charge in [0.2, 0.25) is 11.7 Å². The molecule has 1 aliphatic carbocycles. The molecule has 1 aliphatic rings. The molecule has 1 aromatic carbocycles. The van der Waals surface area contributed by atoms with Gasteiger partial charge in [0.25, 0.3) is 0 Å². The Balaban J connectivity index is 1.70. The van der Waals surface area contributed by atoms with Gasteiger partial charge < -0.3 is 9.63 Å². The van der Waals surface area contributed by atoms with Crippen LogP contribution >= 0.6 is 15.9 Å². The maximum absolute atomic E-state index is 11.3. The van der Waals surface area contributed by atoms with Gasteiger partial charge in [-0.2, -0.15) is 4.98 Å². The minimum absolute atomic E-state index is 0.257. The summed E-state index contributed by atoms with van der Waals surface area (Å²) in [5.41, 5.74) is 0.0145. The number of aromatic nitrogens is 2. The first-order valence-electron chi connectivity index (χ1n) is 6.66. The molecule has 6 nitrogen and oxygen atoms in total. The number of aliphatic carboxylic acids is 1. The summed E-state index contributed by atoms with van der Waals surface area (Å²) in [5, 5.41) is 16.2. The number of hydrogen-bond donors (Lipinski definition) is 2. The van der Waals surface area contributed by atoms with Gasteiger partial charge in [-0.1, -0.05) is 33.2 Å². The second-order valence-electron chi connectivity index (χ2n) is 5.12. The second-order valence-corrected chi connectivity index (χ2v) is 6.03. The molecule has 0 saturated heterocycles. The van der Waals surface area contributed by atoms with Crippen LogP contribution < -0.4 is 5.32 Å². The Labute approximate surface area is 129 Å². The third kappa shape index (κ3) is 2.84. The summed E-state index contributed by atoms with van der Waals surface area (Å²) >= 11 is 3.39. The van der Waals surface area contributed by atoms with Gasteiger partial charge >= 0.3 is 5.97 Å². The van der Waals surface area contributed by atoms with E-state index < -0.39 is 11.5 Å². The lowest BCUT2D eigenvalue weighted by molar-refractivity contribution is -0.149. The van der Waals surface area contributed by atoms with Gasteiger partial charge in [0, 0.05) is 10.0 Å². The third-order valence-electron chi connectivity index (χ3n) is 3.75. The van der Waals surface area contributed by atoms with Crippen molar-refractivity contribution < 1.29 is 14.4 Å². The van der Waals surface area contributed by atoms with Crippen molar-refractivity contribution in [2.75, 3.05) is 0 Å². The molecule has 1 fully saturated rings. The highest BCUT2D eigenvalue weighted by atomic mass is 79.9. The lowest BCUT2D eigenvalue weighted by Gasteiger charge is -2.38. The van der Waals surface area contributed by atoms with Gasteiger partial charge in [0.15, 0.2) is 0 Å². The van der Waals surface area contributed by atoms with Crippen LogP contribution in [0.5, 0.6) is 0 Å². The van der Waals surface area contributed by atoms with Crippen LogP contribution in [0.1, 0.15) is 25.2 Å². The highest BCUT2D eigenvalue weighted by molar-refractivity contribution is 9.10. The number of nitrogens with one attached hydrogen (secondary N) is 1. The highest BCUT2D eigenvalue weighted by Crippen LogP contribution is 2.32. The zero-order valence-corrected chi connectivity index (χ0v) is 12.8. The van der Waals surface area contributed by atoms with Crippen LogP contribution in [-0.2, 0) is 11.3 Å². The fourth-order valence-electron chi connectivity index (χ4n) is 2.31. The average molecular weight is 352 g/mol. The first-order chi connectivity index (χ1) is 10.1. The molecular formula is C14H14BrN3O3. The molecule has 1 aromatic heterocycles. The molecule has 21 heavy (non-hydrogen) atoms. The number of benzene rings is 1. The molecule has 3 rings (SSSR count). The SMILES string of the molecule is O=C(O)C1(NCc2nc(-c3cccc(Br)c3)no2)CCC1. The van der Waals surface area contributed by atoms with Crippen molar-refractivity contribution in [2.45, 2.75) is 31.3 Å². The van der Waals surface area contributed by atoms with Crippen LogP contribution in [0.2, 0.25) is 0 Å². The molecule has 0 spiro atoms. The van der Waals surface area contributed by atoms with E-state index in [4.69, 9.17) is 4.52 Å². The first kappa shape index (κ1) is 14.2. The van der Waals surface area contributed by atoms with E-state index in [9.17, 15) is 9.90 Å². The van der Waals surface area contributed by atoms with Crippen LogP contribution in [0.3, 0.4) is 0 Å². The lowest BCUT2D eigenvalue weighted by atomic mass is 9.77. The van der Waals surface area contributed by atoms with Gasteiger partial charge in [0.1, 0.15) is 5.54 Å². The molecular weight excluding hydrogens is 338 g/mol. The quantitative estimate of drug-likeness (QED) is 0.860. The number of halogens is 1. The predicted octanol–water partition coefficient (Wildman–Crippen LogP) is 2.60. The summed E-state index contributed by atoms with van der Waals surface area (Å²) in [4.78, 5) is 15.5. The van der Waals surface area contributed by atoms with Gasteiger partial charge in [0.05, 0.1) is 6.54 Å². The maximum Gasteiger partial charge on any atom is 0.323 e. The highest BCUT2D eigenvalue weighted by Gasteiger charge is 2.44. The number of carbonyl (C=O) groups is 1. The van der Waals surface area contributed by atoms with Crippen molar-refractivity contribution in [1.29, 1.82) is 0 Å². The fraction of sp³-hybridized carbons (Fsp3) is 0.357. The van der Waals surface area contributed by atoms with E-state index in [0.717, 1.165) is 16.5 Å². The van der Waals surface area contributed by atoms with E-state index >= 15 is 0 Å². The Bertz CT molecular complexity index is 667. The van der Waals surface area contributed by atoms with Gasteiger partial charge in [-0.3, -0.25) is 10.1 Å².